The minimum Gasteiger partial charge on any atom is -0.461 e. The third-order valence-corrected chi connectivity index (χ3v) is 4.15. The molecule has 0 unspecified atom stereocenters. The Hall–Kier alpha value is -3.09. The molecule has 1 heterocycles. The number of benzene rings is 1. The van der Waals surface area contributed by atoms with Crippen LogP contribution in [0.2, 0.25) is 0 Å². The summed E-state index contributed by atoms with van der Waals surface area (Å²) in [5.41, 5.74) is 3.30. The smallest absolute Gasteiger partial charge is 0.307 e. The maximum Gasteiger partial charge on any atom is 0.307 e. The average Bonchev–Trinajstić information content (AvgIpc) is 2.99. The van der Waals surface area contributed by atoms with Gasteiger partial charge in [-0.2, -0.15) is 0 Å². The molecule has 2 N–H and O–H groups in total. The van der Waals surface area contributed by atoms with Crippen molar-refractivity contribution in [2.24, 2.45) is 7.05 Å². The Balaban J connectivity index is 1.70. The number of nitrogens with one attached hydrogen (secondary N) is 2. The van der Waals surface area contributed by atoms with Gasteiger partial charge in [-0.25, -0.2) is 0 Å². The first kappa shape index (κ1) is 21.2. The van der Waals surface area contributed by atoms with Crippen molar-refractivity contribution in [3.05, 3.63) is 58.9 Å². The van der Waals surface area contributed by atoms with E-state index in [1.807, 2.05) is 44.3 Å². The van der Waals surface area contributed by atoms with Gasteiger partial charge < -0.3 is 19.9 Å². The monoisotopic (exact) mass is 385 g/mol. The molecule has 0 fully saturated rings. The lowest BCUT2D eigenvalue weighted by atomic mass is 10.1. The van der Waals surface area contributed by atoms with Crippen LogP contribution in [0.25, 0.3) is 0 Å². The predicted octanol–water partition coefficient (Wildman–Crippen LogP) is 1.88. The van der Waals surface area contributed by atoms with E-state index in [-0.39, 0.29) is 37.4 Å². The van der Waals surface area contributed by atoms with Crippen molar-refractivity contribution >= 4 is 17.8 Å². The third-order valence-electron chi connectivity index (χ3n) is 4.15. The molecule has 0 bridgehead atoms. The second kappa shape index (κ2) is 10.3. The topological polar surface area (TPSA) is 89.4 Å². The zero-order valence-electron chi connectivity index (χ0n) is 16.6. The van der Waals surface area contributed by atoms with E-state index in [1.165, 1.54) is 0 Å². The van der Waals surface area contributed by atoms with Crippen molar-refractivity contribution in [3.8, 4) is 0 Å². The second-order valence-corrected chi connectivity index (χ2v) is 6.63. The Morgan fingerprint density at radius 2 is 1.75 bits per heavy atom. The van der Waals surface area contributed by atoms with E-state index >= 15 is 0 Å². The molecule has 0 aliphatic heterocycles. The number of carbonyl (C=O) groups excluding carboxylic acids is 3. The molecule has 2 amide bonds. The van der Waals surface area contributed by atoms with Gasteiger partial charge in [0.1, 0.15) is 12.3 Å². The highest BCUT2D eigenvalue weighted by Gasteiger charge is 2.11. The second-order valence-electron chi connectivity index (χ2n) is 6.63. The molecule has 2 aromatic rings. The van der Waals surface area contributed by atoms with Crippen molar-refractivity contribution < 1.29 is 19.1 Å². The van der Waals surface area contributed by atoms with Gasteiger partial charge in [-0.3, -0.25) is 14.4 Å². The largest absolute Gasteiger partial charge is 0.461 e. The molecule has 7 nitrogen and oxygen atoms in total. The SMILES string of the molecule is CCNC(=O)Cc1ccc(COC(=O)CCNC(=O)c2cc(C)cn2C)cc1. The Morgan fingerprint density at radius 3 is 2.36 bits per heavy atom. The number of aromatic nitrogens is 1. The van der Waals surface area contributed by atoms with Crippen molar-refractivity contribution in [2.75, 3.05) is 13.1 Å². The number of hydrogen-bond donors (Lipinski definition) is 2. The number of aryl methyl sites for hydroxylation is 2. The van der Waals surface area contributed by atoms with E-state index in [2.05, 4.69) is 10.6 Å². The van der Waals surface area contributed by atoms with Crippen LogP contribution in [-0.4, -0.2) is 35.4 Å². The highest BCUT2D eigenvalue weighted by Crippen LogP contribution is 2.08. The summed E-state index contributed by atoms with van der Waals surface area (Å²) in [7, 11) is 1.80. The van der Waals surface area contributed by atoms with Gasteiger partial charge >= 0.3 is 5.97 Å². The Kier molecular flexibility index (Phi) is 7.80. The summed E-state index contributed by atoms with van der Waals surface area (Å²) in [6.07, 6.45) is 2.30. The maximum absolute atomic E-state index is 12.1. The van der Waals surface area contributed by atoms with Crippen LogP contribution < -0.4 is 10.6 Å². The van der Waals surface area contributed by atoms with Gasteiger partial charge in [0.05, 0.1) is 12.8 Å². The average molecular weight is 385 g/mol. The highest BCUT2D eigenvalue weighted by molar-refractivity contribution is 5.93. The summed E-state index contributed by atoms with van der Waals surface area (Å²) in [4.78, 5) is 35.5. The van der Waals surface area contributed by atoms with Crippen LogP contribution in [0.4, 0.5) is 0 Å². The van der Waals surface area contributed by atoms with Crippen molar-refractivity contribution in [2.45, 2.75) is 33.3 Å². The summed E-state index contributed by atoms with van der Waals surface area (Å²) in [5.74, 6) is -0.616. The molecule has 7 heteroatoms. The Labute approximate surface area is 165 Å². The fourth-order valence-corrected chi connectivity index (χ4v) is 2.76. The van der Waals surface area contributed by atoms with Crippen molar-refractivity contribution in [1.29, 1.82) is 0 Å². The fraction of sp³-hybridized carbons (Fsp3) is 0.381. The number of hydrogen-bond acceptors (Lipinski definition) is 4. The molecule has 0 spiro atoms. The van der Waals surface area contributed by atoms with Gasteiger partial charge in [0.2, 0.25) is 5.91 Å². The Morgan fingerprint density at radius 1 is 1.07 bits per heavy atom. The quantitative estimate of drug-likeness (QED) is 0.645. The zero-order valence-corrected chi connectivity index (χ0v) is 16.6. The van der Waals surface area contributed by atoms with E-state index in [4.69, 9.17) is 4.74 Å². The van der Waals surface area contributed by atoms with E-state index in [1.54, 1.807) is 17.7 Å². The lowest BCUT2D eigenvalue weighted by Gasteiger charge is -2.08. The number of carbonyl (C=O) groups is 3. The number of nitrogens with zero attached hydrogens (tertiary/aromatic N) is 1. The van der Waals surface area contributed by atoms with Crippen LogP contribution in [0, 0.1) is 6.92 Å². The van der Waals surface area contributed by atoms with Crippen LogP contribution >= 0.6 is 0 Å². The first-order chi connectivity index (χ1) is 13.4. The first-order valence-electron chi connectivity index (χ1n) is 9.30. The molecular formula is C21H27N3O4. The molecular weight excluding hydrogens is 358 g/mol. The molecule has 0 atom stereocenters. The number of likely N-dealkylation sites (N-methyl/N-ethyl adjacent to an activating group) is 1. The van der Waals surface area contributed by atoms with Crippen LogP contribution in [0.15, 0.2) is 36.5 Å². The van der Waals surface area contributed by atoms with Crippen LogP contribution in [0.1, 0.15) is 40.5 Å². The van der Waals surface area contributed by atoms with Gasteiger partial charge in [-0.1, -0.05) is 24.3 Å². The first-order valence-corrected chi connectivity index (χ1v) is 9.30. The van der Waals surface area contributed by atoms with Gasteiger partial charge in [-0.05, 0) is 36.6 Å². The van der Waals surface area contributed by atoms with Gasteiger partial charge in [0.25, 0.3) is 5.91 Å². The van der Waals surface area contributed by atoms with E-state index in [0.29, 0.717) is 18.7 Å². The summed E-state index contributed by atoms with van der Waals surface area (Å²) in [6.45, 7) is 4.78. The van der Waals surface area contributed by atoms with E-state index in [0.717, 1.165) is 16.7 Å². The zero-order chi connectivity index (χ0) is 20.5. The van der Waals surface area contributed by atoms with Crippen LogP contribution in [-0.2, 0) is 34.4 Å². The number of amides is 2. The fourth-order valence-electron chi connectivity index (χ4n) is 2.76. The minimum absolute atomic E-state index is 0.0192. The van der Waals surface area contributed by atoms with Crippen molar-refractivity contribution in [3.63, 3.8) is 0 Å². The molecule has 0 aliphatic carbocycles. The number of ether oxygens (including phenoxy) is 1. The van der Waals surface area contributed by atoms with Gasteiger partial charge in [0.15, 0.2) is 0 Å². The van der Waals surface area contributed by atoms with Gasteiger partial charge in [0, 0.05) is 26.3 Å². The maximum atomic E-state index is 12.1. The standard InChI is InChI=1S/C21H27N3O4/c1-4-22-19(25)12-16-5-7-17(8-6-16)14-28-20(26)9-10-23-21(27)18-11-15(2)13-24(18)3/h5-8,11,13H,4,9-10,12,14H2,1-3H3,(H,22,25)(H,23,27). The van der Waals surface area contributed by atoms with Crippen LogP contribution in [0.3, 0.4) is 0 Å². The minimum atomic E-state index is -0.380. The molecule has 1 aromatic carbocycles. The Bertz CT molecular complexity index is 825. The van der Waals surface area contributed by atoms with E-state index < -0.39 is 0 Å². The highest BCUT2D eigenvalue weighted by atomic mass is 16.5. The van der Waals surface area contributed by atoms with Crippen LogP contribution in [0.5, 0.6) is 0 Å². The normalized spacial score (nSPS) is 10.4. The molecule has 0 aliphatic rings. The predicted molar refractivity (Wildman–Crippen MR) is 106 cm³/mol. The number of rotatable bonds is 9. The molecule has 0 saturated carbocycles. The van der Waals surface area contributed by atoms with E-state index in [9.17, 15) is 14.4 Å². The van der Waals surface area contributed by atoms with Gasteiger partial charge in [-0.15, -0.1) is 0 Å². The molecule has 1 aromatic heterocycles. The lowest BCUT2D eigenvalue weighted by Crippen LogP contribution is -2.28. The molecule has 150 valence electrons. The molecule has 2 rings (SSSR count). The third kappa shape index (κ3) is 6.57. The van der Waals surface area contributed by atoms with Crippen molar-refractivity contribution in [1.82, 2.24) is 15.2 Å². The summed E-state index contributed by atoms with van der Waals surface area (Å²) in [5, 5.41) is 5.47. The summed E-state index contributed by atoms with van der Waals surface area (Å²) >= 11 is 0. The molecule has 0 radical (unpaired) electrons. The number of esters is 1. The molecule has 0 saturated heterocycles. The molecule has 28 heavy (non-hydrogen) atoms. The summed E-state index contributed by atoms with van der Waals surface area (Å²) in [6, 6.07) is 9.16. The summed E-state index contributed by atoms with van der Waals surface area (Å²) < 4.78 is 6.98. The lowest BCUT2D eigenvalue weighted by molar-refractivity contribution is -0.144.